The van der Waals surface area contributed by atoms with Gasteiger partial charge in [0.15, 0.2) is 6.61 Å². The summed E-state index contributed by atoms with van der Waals surface area (Å²) in [4.78, 5) is 13.9. The van der Waals surface area contributed by atoms with Crippen molar-refractivity contribution in [2.75, 3.05) is 6.61 Å². The van der Waals surface area contributed by atoms with Gasteiger partial charge in [-0.1, -0.05) is 0 Å². The molecule has 4 nitrogen and oxygen atoms in total. The molecule has 0 amide bonds. The van der Waals surface area contributed by atoms with Gasteiger partial charge in [-0.15, -0.1) is 0 Å². The Hall–Kier alpha value is -1.76. The molecular formula is C9H10N2O2. The van der Waals surface area contributed by atoms with Gasteiger partial charge in [0.05, 0.1) is 6.42 Å². The first kappa shape index (κ1) is 9.33. The fourth-order valence-electron chi connectivity index (χ4n) is 0.945. The Balaban J connectivity index is 2.20. The van der Waals surface area contributed by atoms with Crippen molar-refractivity contribution in [1.29, 1.82) is 5.26 Å². The van der Waals surface area contributed by atoms with E-state index in [4.69, 9.17) is 5.26 Å². The molecule has 0 bridgehead atoms. The third kappa shape index (κ3) is 3.43. The minimum absolute atomic E-state index is 0.163. The van der Waals surface area contributed by atoms with Crippen molar-refractivity contribution in [3.63, 3.8) is 0 Å². The second-order valence-electron chi connectivity index (χ2n) is 2.51. The number of nitrogens with one attached hydrogen (secondary N) is 1. The molecular weight excluding hydrogens is 168 g/mol. The van der Waals surface area contributed by atoms with E-state index in [1.54, 1.807) is 12.3 Å². The topological polar surface area (TPSA) is 65.9 Å². The average Bonchev–Trinajstić information content (AvgIpc) is 2.64. The van der Waals surface area contributed by atoms with E-state index < -0.39 is 0 Å². The maximum absolute atomic E-state index is 10.9. The maximum Gasteiger partial charge on any atom is 0.307 e. The highest BCUT2D eigenvalue weighted by atomic mass is 16.5. The summed E-state index contributed by atoms with van der Waals surface area (Å²) < 4.78 is 4.58. The first-order valence-corrected chi connectivity index (χ1v) is 3.98. The van der Waals surface area contributed by atoms with E-state index in [9.17, 15) is 4.79 Å². The van der Waals surface area contributed by atoms with Crippen molar-refractivity contribution >= 4 is 5.97 Å². The molecule has 68 valence electrons. The molecule has 0 atom stereocenters. The van der Waals surface area contributed by atoms with Gasteiger partial charge < -0.3 is 9.72 Å². The van der Waals surface area contributed by atoms with E-state index in [1.165, 1.54) is 0 Å². The summed E-state index contributed by atoms with van der Waals surface area (Å²) in [7, 11) is 0. The zero-order valence-corrected chi connectivity index (χ0v) is 7.12. The summed E-state index contributed by atoms with van der Waals surface area (Å²) in [6.07, 6.45) is 2.73. The zero-order chi connectivity index (χ0) is 9.52. The van der Waals surface area contributed by atoms with Crippen LogP contribution in [0.5, 0.6) is 0 Å². The highest BCUT2D eigenvalue weighted by Crippen LogP contribution is 1.99. The fraction of sp³-hybridized carbons (Fsp3) is 0.333. The molecule has 0 aromatic carbocycles. The van der Waals surface area contributed by atoms with Crippen LogP contribution in [0.2, 0.25) is 0 Å². The number of aromatic amines is 1. The van der Waals surface area contributed by atoms with Crippen LogP contribution in [0.4, 0.5) is 0 Å². The largest absolute Gasteiger partial charge is 0.450 e. The third-order valence-electron chi connectivity index (χ3n) is 1.56. The van der Waals surface area contributed by atoms with Crippen molar-refractivity contribution in [2.24, 2.45) is 0 Å². The highest BCUT2D eigenvalue weighted by molar-refractivity contribution is 5.69. The van der Waals surface area contributed by atoms with Gasteiger partial charge in [0, 0.05) is 11.9 Å². The molecule has 1 aromatic heterocycles. The van der Waals surface area contributed by atoms with Crippen LogP contribution in [0.15, 0.2) is 18.3 Å². The fourth-order valence-corrected chi connectivity index (χ4v) is 0.945. The molecule has 4 heteroatoms. The molecule has 0 radical (unpaired) electrons. The van der Waals surface area contributed by atoms with E-state index in [0.717, 1.165) is 5.69 Å². The summed E-state index contributed by atoms with van der Waals surface area (Å²) in [5.74, 6) is -0.337. The number of hydrogen-bond donors (Lipinski definition) is 1. The van der Waals surface area contributed by atoms with Gasteiger partial charge in [-0.25, -0.2) is 0 Å². The van der Waals surface area contributed by atoms with Gasteiger partial charge in [0.25, 0.3) is 0 Å². The number of rotatable bonds is 4. The normalized spacial score (nSPS) is 9.15. The summed E-state index contributed by atoms with van der Waals surface area (Å²) in [6.45, 7) is -0.163. The zero-order valence-electron chi connectivity index (χ0n) is 7.12. The van der Waals surface area contributed by atoms with Crippen LogP contribution in [0.1, 0.15) is 12.1 Å². The molecule has 0 saturated carbocycles. The number of carbonyl (C=O) groups excluding carboxylic acids is 1. The summed E-state index contributed by atoms with van der Waals surface area (Å²) >= 11 is 0. The number of hydrogen-bond acceptors (Lipinski definition) is 3. The van der Waals surface area contributed by atoms with E-state index in [0.29, 0.717) is 12.8 Å². The second kappa shape index (κ2) is 4.99. The summed E-state index contributed by atoms with van der Waals surface area (Å²) in [5.41, 5.74) is 0.994. The lowest BCUT2D eigenvalue weighted by Gasteiger charge is -1.98. The van der Waals surface area contributed by atoms with Gasteiger partial charge in [-0.3, -0.25) is 4.79 Å². The molecule has 0 saturated heterocycles. The number of nitriles is 1. The van der Waals surface area contributed by atoms with Crippen LogP contribution in [0.3, 0.4) is 0 Å². The van der Waals surface area contributed by atoms with Crippen LogP contribution in [-0.2, 0) is 16.0 Å². The van der Waals surface area contributed by atoms with E-state index >= 15 is 0 Å². The van der Waals surface area contributed by atoms with Crippen LogP contribution >= 0.6 is 0 Å². The van der Waals surface area contributed by atoms with Gasteiger partial charge in [0.1, 0.15) is 6.07 Å². The minimum atomic E-state index is -0.337. The van der Waals surface area contributed by atoms with Crippen LogP contribution in [0.25, 0.3) is 0 Å². The number of H-pyrrole nitrogens is 1. The lowest BCUT2D eigenvalue weighted by molar-refractivity contribution is -0.142. The molecule has 1 aromatic rings. The molecule has 1 heterocycles. The third-order valence-corrected chi connectivity index (χ3v) is 1.56. The van der Waals surface area contributed by atoms with Crippen molar-refractivity contribution < 1.29 is 9.53 Å². The van der Waals surface area contributed by atoms with Gasteiger partial charge in [0.2, 0.25) is 0 Å². The molecule has 0 aliphatic carbocycles. The van der Waals surface area contributed by atoms with Gasteiger partial charge >= 0.3 is 5.97 Å². The van der Waals surface area contributed by atoms with Crippen LogP contribution in [0, 0.1) is 11.3 Å². The second-order valence-corrected chi connectivity index (χ2v) is 2.51. The smallest absolute Gasteiger partial charge is 0.307 e. The van der Waals surface area contributed by atoms with Crippen molar-refractivity contribution in [2.45, 2.75) is 12.8 Å². The molecule has 0 aliphatic heterocycles. The lowest BCUT2D eigenvalue weighted by atomic mass is 10.2. The minimum Gasteiger partial charge on any atom is -0.450 e. The number of aryl methyl sites for hydroxylation is 1. The summed E-state index contributed by atoms with van der Waals surface area (Å²) in [5, 5.41) is 8.13. The number of ether oxygens (including phenoxy) is 1. The highest BCUT2D eigenvalue weighted by Gasteiger charge is 2.02. The predicted octanol–water partition coefficient (Wildman–Crippen LogP) is 1.01. The predicted molar refractivity (Wildman–Crippen MR) is 45.7 cm³/mol. The van der Waals surface area contributed by atoms with E-state index in [2.05, 4.69) is 9.72 Å². The van der Waals surface area contributed by atoms with Crippen molar-refractivity contribution in [3.05, 3.63) is 24.0 Å². The average molecular weight is 178 g/mol. The Morgan fingerprint density at radius 2 is 2.54 bits per heavy atom. The van der Waals surface area contributed by atoms with E-state index in [-0.39, 0.29) is 12.6 Å². The van der Waals surface area contributed by atoms with E-state index in [1.807, 2.05) is 12.1 Å². The lowest BCUT2D eigenvalue weighted by Crippen LogP contribution is -2.05. The Kier molecular flexibility index (Phi) is 3.58. The first-order valence-electron chi connectivity index (χ1n) is 3.98. The number of aromatic nitrogens is 1. The Labute approximate surface area is 76.1 Å². The number of nitrogens with zero attached hydrogens (tertiary/aromatic N) is 1. The SMILES string of the molecule is N#CCOC(=O)CCc1ccc[nH]1. The van der Waals surface area contributed by atoms with Gasteiger partial charge in [-0.05, 0) is 18.6 Å². The molecule has 0 spiro atoms. The maximum atomic E-state index is 10.9. The standard InChI is InChI=1S/C9H10N2O2/c10-5-7-13-9(12)4-3-8-2-1-6-11-8/h1-2,6,11H,3-4,7H2. The van der Waals surface area contributed by atoms with Gasteiger partial charge in [-0.2, -0.15) is 5.26 Å². The molecule has 0 fully saturated rings. The Morgan fingerprint density at radius 1 is 1.69 bits per heavy atom. The number of esters is 1. The van der Waals surface area contributed by atoms with Crippen LogP contribution in [-0.4, -0.2) is 17.6 Å². The molecule has 0 aliphatic rings. The quantitative estimate of drug-likeness (QED) is 0.700. The van der Waals surface area contributed by atoms with Crippen LogP contribution < -0.4 is 0 Å². The Morgan fingerprint density at radius 3 is 3.15 bits per heavy atom. The monoisotopic (exact) mass is 178 g/mol. The molecule has 13 heavy (non-hydrogen) atoms. The molecule has 0 unspecified atom stereocenters. The Bertz CT molecular complexity index is 298. The van der Waals surface area contributed by atoms with Crippen molar-refractivity contribution in [1.82, 2.24) is 4.98 Å². The number of carbonyl (C=O) groups is 1. The first-order chi connectivity index (χ1) is 6.33. The summed E-state index contributed by atoms with van der Waals surface area (Å²) in [6, 6.07) is 5.51. The van der Waals surface area contributed by atoms with Crippen molar-refractivity contribution in [3.8, 4) is 6.07 Å². The molecule has 1 rings (SSSR count). The molecule has 1 N–H and O–H groups in total.